The fraction of sp³-hybridized carbons (Fsp3) is 0.188. The first-order valence-electron chi connectivity index (χ1n) is 6.48. The summed E-state index contributed by atoms with van der Waals surface area (Å²) in [6.45, 7) is 2.19. The first kappa shape index (κ1) is 15.5. The largest absolute Gasteiger partial charge is 0.478 e. The van der Waals surface area contributed by atoms with E-state index < -0.39 is 11.8 Å². The second kappa shape index (κ2) is 6.70. The Bertz CT molecular complexity index is 643. The smallest absolute Gasteiger partial charge is 0.335 e. The maximum atomic E-state index is 13.7. The SMILES string of the molecule is C[C@H](NCc1cc(C(=O)O)ccc1F)c1ccc(Cl)cc1. The van der Waals surface area contributed by atoms with E-state index in [0.717, 1.165) is 5.56 Å². The van der Waals surface area contributed by atoms with Crippen molar-refractivity contribution in [3.63, 3.8) is 0 Å². The average Bonchev–Trinajstić information content (AvgIpc) is 2.46. The highest BCUT2D eigenvalue weighted by Gasteiger charge is 2.10. The topological polar surface area (TPSA) is 49.3 Å². The van der Waals surface area contributed by atoms with Crippen LogP contribution in [0.3, 0.4) is 0 Å². The second-order valence-electron chi connectivity index (χ2n) is 4.77. The molecule has 1 atom stereocenters. The molecule has 2 rings (SSSR count). The molecule has 5 heteroatoms. The molecule has 3 nitrogen and oxygen atoms in total. The highest BCUT2D eigenvalue weighted by atomic mass is 35.5. The van der Waals surface area contributed by atoms with Gasteiger partial charge in [0, 0.05) is 23.2 Å². The maximum absolute atomic E-state index is 13.7. The van der Waals surface area contributed by atoms with Crippen molar-refractivity contribution in [2.45, 2.75) is 19.5 Å². The highest BCUT2D eigenvalue weighted by Crippen LogP contribution is 2.17. The van der Waals surface area contributed by atoms with Crippen LogP contribution in [0.5, 0.6) is 0 Å². The van der Waals surface area contributed by atoms with E-state index in [-0.39, 0.29) is 18.2 Å². The third kappa shape index (κ3) is 4.03. The van der Waals surface area contributed by atoms with Crippen LogP contribution in [-0.4, -0.2) is 11.1 Å². The first-order chi connectivity index (χ1) is 9.97. The molecule has 0 aliphatic heterocycles. The predicted molar refractivity (Wildman–Crippen MR) is 80.1 cm³/mol. The quantitative estimate of drug-likeness (QED) is 0.877. The van der Waals surface area contributed by atoms with Gasteiger partial charge in [-0.25, -0.2) is 9.18 Å². The van der Waals surface area contributed by atoms with Gasteiger partial charge in [-0.1, -0.05) is 23.7 Å². The highest BCUT2D eigenvalue weighted by molar-refractivity contribution is 6.30. The lowest BCUT2D eigenvalue weighted by Gasteiger charge is -2.15. The average molecular weight is 308 g/mol. The van der Waals surface area contributed by atoms with Crippen LogP contribution in [-0.2, 0) is 6.54 Å². The Morgan fingerprint density at radius 3 is 2.57 bits per heavy atom. The van der Waals surface area contributed by atoms with Crippen LogP contribution < -0.4 is 5.32 Å². The van der Waals surface area contributed by atoms with Crippen molar-refractivity contribution in [1.82, 2.24) is 5.32 Å². The number of rotatable bonds is 5. The van der Waals surface area contributed by atoms with E-state index in [1.165, 1.54) is 18.2 Å². The summed E-state index contributed by atoms with van der Waals surface area (Å²) in [6.07, 6.45) is 0. The fourth-order valence-corrected chi connectivity index (χ4v) is 2.10. The van der Waals surface area contributed by atoms with Gasteiger partial charge >= 0.3 is 5.97 Å². The van der Waals surface area contributed by atoms with Gasteiger partial charge in [0.1, 0.15) is 5.82 Å². The van der Waals surface area contributed by atoms with Crippen molar-refractivity contribution in [3.8, 4) is 0 Å². The van der Waals surface area contributed by atoms with Crippen LogP contribution in [0, 0.1) is 5.82 Å². The summed E-state index contributed by atoms with van der Waals surface area (Å²) in [5, 5.41) is 12.8. The summed E-state index contributed by atoms with van der Waals surface area (Å²) in [5.41, 5.74) is 1.43. The molecule has 2 aromatic carbocycles. The molecule has 21 heavy (non-hydrogen) atoms. The summed E-state index contributed by atoms with van der Waals surface area (Å²) in [5.74, 6) is -1.49. The zero-order chi connectivity index (χ0) is 15.4. The molecule has 0 unspecified atom stereocenters. The van der Waals surface area contributed by atoms with Crippen molar-refractivity contribution < 1.29 is 14.3 Å². The van der Waals surface area contributed by atoms with E-state index >= 15 is 0 Å². The summed E-state index contributed by atoms with van der Waals surface area (Å²) in [6, 6.07) is 11.1. The molecule has 0 fully saturated rings. The maximum Gasteiger partial charge on any atom is 0.335 e. The molecule has 0 spiro atoms. The fourth-order valence-electron chi connectivity index (χ4n) is 1.98. The van der Waals surface area contributed by atoms with Gasteiger partial charge in [0.25, 0.3) is 0 Å². The van der Waals surface area contributed by atoms with E-state index in [1.54, 1.807) is 12.1 Å². The molecule has 0 saturated carbocycles. The second-order valence-corrected chi connectivity index (χ2v) is 5.20. The number of hydrogen-bond acceptors (Lipinski definition) is 2. The lowest BCUT2D eigenvalue weighted by molar-refractivity contribution is 0.0696. The molecule has 2 aromatic rings. The summed E-state index contributed by atoms with van der Waals surface area (Å²) < 4.78 is 13.7. The Morgan fingerprint density at radius 2 is 1.95 bits per heavy atom. The van der Waals surface area contributed by atoms with Crippen LogP contribution >= 0.6 is 11.6 Å². The molecule has 0 saturated heterocycles. The van der Waals surface area contributed by atoms with Crippen LogP contribution in [0.2, 0.25) is 5.02 Å². The van der Waals surface area contributed by atoms with Crippen LogP contribution in [0.15, 0.2) is 42.5 Å². The molecule has 110 valence electrons. The van der Waals surface area contributed by atoms with Crippen molar-refractivity contribution in [2.75, 3.05) is 0 Å². The summed E-state index contributed by atoms with van der Waals surface area (Å²) in [4.78, 5) is 10.9. The summed E-state index contributed by atoms with van der Waals surface area (Å²) in [7, 11) is 0. The van der Waals surface area contributed by atoms with Crippen molar-refractivity contribution in [2.24, 2.45) is 0 Å². The number of benzene rings is 2. The third-order valence-corrected chi connectivity index (χ3v) is 3.51. The minimum atomic E-state index is -1.07. The lowest BCUT2D eigenvalue weighted by Crippen LogP contribution is -2.19. The normalized spacial score (nSPS) is 12.1. The van der Waals surface area contributed by atoms with Crippen LogP contribution in [0.4, 0.5) is 4.39 Å². The predicted octanol–water partition coefficient (Wildman–Crippen LogP) is 4.03. The number of halogens is 2. The van der Waals surface area contributed by atoms with Gasteiger partial charge in [-0.3, -0.25) is 0 Å². The van der Waals surface area contributed by atoms with Crippen LogP contribution in [0.1, 0.15) is 34.5 Å². The van der Waals surface area contributed by atoms with E-state index in [0.29, 0.717) is 10.6 Å². The van der Waals surface area contributed by atoms with Gasteiger partial charge in [0.2, 0.25) is 0 Å². The van der Waals surface area contributed by atoms with Crippen molar-refractivity contribution >= 4 is 17.6 Å². The number of carbonyl (C=O) groups is 1. The molecular formula is C16H15ClFNO2. The number of aromatic carboxylic acids is 1. The van der Waals surface area contributed by atoms with Gasteiger partial charge < -0.3 is 10.4 Å². The molecule has 0 bridgehead atoms. The minimum absolute atomic E-state index is 0.00449. The molecule has 2 N–H and O–H groups in total. The number of carboxylic acids is 1. The Kier molecular flexibility index (Phi) is 4.94. The van der Waals surface area contributed by atoms with Gasteiger partial charge in [0.15, 0.2) is 0 Å². The number of hydrogen-bond donors (Lipinski definition) is 2. The van der Waals surface area contributed by atoms with Gasteiger partial charge in [-0.15, -0.1) is 0 Å². The Labute approximate surface area is 127 Å². The minimum Gasteiger partial charge on any atom is -0.478 e. The number of nitrogens with one attached hydrogen (secondary N) is 1. The molecule has 0 aromatic heterocycles. The molecular weight excluding hydrogens is 293 g/mol. The molecule has 0 radical (unpaired) electrons. The Balaban J connectivity index is 2.07. The van der Waals surface area contributed by atoms with Gasteiger partial charge in [-0.2, -0.15) is 0 Å². The van der Waals surface area contributed by atoms with Crippen molar-refractivity contribution in [1.29, 1.82) is 0 Å². The molecule has 0 aliphatic carbocycles. The monoisotopic (exact) mass is 307 g/mol. The zero-order valence-corrected chi connectivity index (χ0v) is 12.2. The Hall–Kier alpha value is -1.91. The van der Waals surface area contributed by atoms with E-state index in [1.807, 2.05) is 19.1 Å². The zero-order valence-electron chi connectivity index (χ0n) is 11.4. The van der Waals surface area contributed by atoms with Gasteiger partial charge in [0.05, 0.1) is 5.56 Å². The van der Waals surface area contributed by atoms with E-state index in [2.05, 4.69) is 5.32 Å². The molecule has 0 aliphatic rings. The van der Waals surface area contributed by atoms with E-state index in [9.17, 15) is 9.18 Å². The molecule has 0 amide bonds. The van der Waals surface area contributed by atoms with Crippen LogP contribution in [0.25, 0.3) is 0 Å². The third-order valence-electron chi connectivity index (χ3n) is 3.26. The Morgan fingerprint density at radius 1 is 1.29 bits per heavy atom. The number of carboxylic acid groups (broad SMARTS) is 1. The summed E-state index contributed by atoms with van der Waals surface area (Å²) >= 11 is 5.83. The van der Waals surface area contributed by atoms with Crippen molar-refractivity contribution in [3.05, 3.63) is 70.0 Å². The standard InChI is InChI=1S/C16H15ClFNO2/c1-10(11-2-5-14(17)6-3-11)19-9-13-8-12(16(20)21)4-7-15(13)18/h2-8,10,19H,9H2,1H3,(H,20,21)/t10-/m0/s1. The van der Waals surface area contributed by atoms with E-state index in [4.69, 9.17) is 16.7 Å². The van der Waals surface area contributed by atoms with Gasteiger partial charge in [-0.05, 0) is 42.8 Å². The molecule has 0 heterocycles. The first-order valence-corrected chi connectivity index (χ1v) is 6.85. The lowest BCUT2D eigenvalue weighted by atomic mass is 10.1.